The zero-order valence-corrected chi connectivity index (χ0v) is 20.4. The molecule has 184 valence electrons. The summed E-state index contributed by atoms with van der Waals surface area (Å²) in [5.74, 6) is -0.857. The van der Waals surface area contributed by atoms with Crippen LogP contribution in [-0.4, -0.2) is 44.8 Å². The van der Waals surface area contributed by atoms with Gasteiger partial charge in [-0.3, -0.25) is 9.59 Å². The predicted molar refractivity (Wildman–Crippen MR) is 128 cm³/mol. The first-order valence-electron chi connectivity index (χ1n) is 11.5. The molecule has 7 nitrogen and oxygen atoms in total. The lowest BCUT2D eigenvalue weighted by atomic mass is 9.81. The van der Waals surface area contributed by atoms with Crippen LogP contribution in [0.1, 0.15) is 38.2 Å². The summed E-state index contributed by atoms with van der Waals surface area (Å²) in [6, 6.07) is 13.7. The molecule has 0 aliphatic heterocycles. The molecular weight excluding hydrogens is 457 g/mol. The third kappa shape index (κ3) is 7.11. The Kier molecular flexibility index (Phi) is 8.79. The molecule has 2 N–H and O–H groups in total. The monoisotopic (exact) mass is 489 g/mol. The third-order valence-corrected chi connectivity index (χ3v) is 7.71. The van der Waals surface area contributed by atoms with Crippen molar-refractivity contribution in [3.05, 3.63) is 66.0 Å². The molecule has 1 aliphatic rings. The molecule has 0 radical (unpaired) electrons. The van der Waals surface area contributed by atoms with Crippen molar-refractivity contribution in [2.45, 2.75) is 50.1 Å². The molecule has 0 saturated heterocycles. The quantitative estimate of drug-likeness (QED) is 0.566. The van der Waals surface area contributed by atoms with Crippen molar-refractivity contribution < 1.29 is 22.4 Å². The number of carbonyl (C=O) groups excluding carboxylic acids is 2. The van der Waals surface area contributed by atoms with Crippen LogP contribution in [0.4, 0.5) is 4.39 Å². The highest BCUT2D eigenvalue weighted by Gasteiger charge is 2.29. The number of nitrogens with zero attached hydrogens (tertiary/aromatic N) is 1. The van der Waals surface area contributed by atoms with Crippen molar-refractivity contribution in [2.24, 2.45) is 11.8 Å². The molecule has 0 aromatic heterocycles. The van der Waals surface area contributed by atoms with Gasteiger partial charge in [-0.15, -0.1) is 0 Å². The van der Waals surface area contributed by atoms with Crippen molar-refractivity contribution in [3.63, 3.8) is 0 Å². The fraction of sp³-hybridized carbons (Fsp3) is 0.440. The second-order valence-corrected chi connectivity index (χ2v) is 10.7. The van der Waals surface area contributed by atoms with Crippen LogP contribution in [0, 0.1) is 17.7 Å². The van der Waals surface area contributed by atoms with Crippen LogP contribution < -0.4 is 10.0 Å². The van der Waals surface area contributed by atoms with E-state index in [0.29, 0.717) is 32.2 Å². The summed E-state index contributed by atoms with van der Waals surface area (Å²) in [4.78, 5) is 27.0. The van der Waals surface area contributed by atoms with E-state index in [-0.39, 0.29) is 35.1 Å². The Morgan fingerprint density at radius 1 is 1.03 bits per heavy atom. The molecule has 1 aliphatic carbocycles. The highest BCUT2D eigenvalue weighted by molar-refractivity contribution is 7.89. The summed E-state index contributed by atoms with van der Waals surface area (Å²) in [6.07, 6.45) is 2.69. The molecule has 0 heterocycles. The van der Waals surface area contributed by atoms with Gasteiger partial charge in [0.15, 0.2) is 0 Å². The minimum absolute atomic E-state index is 0.0258. The number of hydrogen-bond acceptors (Lipinski definition) is 4. The van der Waals surface area contributed by atoms with E-state index in [1.54, 1.807) is 18.9 Å². The Balaban J connectivity index is 1.42. The van der Waals surface area contributed by atoms with Gasteiger partial charge in [0.2, 0.25) is 21.8 Å². The minimum Gasteiger partial charge on any atom is -0.344 e. The number of carbonyl (C=O) groups is 2. The van der Waals surface area contributed by atoms with E-state index >= 15 is 0 Å². The van der Waals surface area contributed by atoms with Gasteiger partial charge < -0.3 is 10.2 Å². The van der Waals surface area contributed by atoms with Crippen molar-refractivity contribution in [1.29, 1.82) is 0 Å². The molecule has 2 aromatic carbocycles. The first kappa shape index (κ1) is 25.8. The molecule has 0 spiro atoms. The minimum atomic E-state index is -3.70. The van der Waals surface area contributed by atoms with Crippen LogP contribution in [0.2, 0.25) is 0 Å². The fourth-order valence-electron chi connectivity index (χ4n) is 4.21. The van der Waals surface area contributed by atoms with Crippen LogP contribution in [-0.2, 0) is 26.2 Å². The molecule has 0 bridgehead atoms. The largest absolute Gasteiger partial charge is 0.344 e. The van der Waals surface area contributed by atoms with Crippen LogP contribution >= 0.6 is 0 Å². The molecular formula is C25H32FN3O4S. The number of nitrogens with one attached hydrogen (secondary N) is 2. The van der Waals surface area contributed by atoms with Gasteiger partial charge in [-0.25, -0.2) is 17.5 Å². The number of benzene rings is 2. The van der Waals surface area contributed by atoms with E-state index in [0.717, 1.165) is 17.7 Å². The summed E-state index contributed by atoms with van der Waals surface area (Å²) in [6.45, 7) is 2.43. The Labute approximate surface area is 200 Å². The lowest BCUT2D eigenvalue weighted by Gasteiger charge is -2.29. The molecule has 1 atom stereocenters. The van der Waals surface area contributed by atoms with E-state index in [2.05, 4.69) is 10.0 Å². The van der Waals surface area contributed by atoms with E-state index in [1.807, 2.05) is 30.3 Å². The molecule has 9 heteroatoms. The van der Waals surface area contributed by atoms with Gasteiger partial charge in [0.25, 0.3) is 0 Å². The first-order chi connectivity index (χ1) is 16.2. The number of hydrogen-bond donors (Lipinski definition) is 2. The molecule has 1 saturated carbocycles. The van der Waals surface area contributed by atoms with Gasteiger partial charge in [0, 0.05) is 26.1 Å². The third-order valence-electron chi connectivity index (χ3n) is 6.27. The Morgan fingerprint density at radius 2 is 1.65 bits per heavy atom. The van der Waals surface area contributed by atoms with E-state index in [4.69, 9.17) is 0 Å². The average molecular weight is 490 g/mol. The lowest BCUT2D eigenvalue weighted by Crippen LogP contribution is -2.47. The number of sulfonamides is 1. The van der Waals surface area contributed by atoms with Gasteiger partial charge in [-0.2, -0.15) is 0 Å². The summed E-state index contributed by atoms with van der Waals surface area (Å²) in [5, 5.41) is 2.84. The molecule has 1 fully saturated rings. The molecule has 3 rings (SSSR count). The Hall–Kier alpha value is -2.78. The lowest BCUT2D eigenvalue weighted by molar-refractivity contribution is -0.136. The van der Waals surface area contributed by atoms with Gasteiger partial charge in [-0.1, -0.05) is 30.3 Å². The van der Waals surface area contributed by atoms with Crippen molar-refractivity contribution in [3.8, 4) is 0 Å². The fourth-order valence-corrected chi connectivity index (χ4v) is 5.33. The van der Waals surface area contributed by atoms with E-state index < -0.39 is 21.9 Å². The molecule has 2 aromatic rings. The van der Waals surface area contributed by atoms with Crippen molar-refractivity contribution in [2.75, 3.05) is 13.6 Å². The molecule has 34 heavy (non-hydrogen) atoms. The average Bonchev–Trinajstić information content (AvgIpc) is 2.83. The maximum absolute atomic E-state index is 13.0. The van der Waals surface area contributed by atoms with Gasteiger partial charge >= 0.3 is 0 Å². The number of likely N-dealkylation sites (N-methyl/N-ethyl adjacent to an activating group) is 1. The van der Waals surface area contributed by atoms with Crippen molar-refractivity contribution >= 4 is 21.8 Å². The Bertz CT molecular complexity index is 1070. The van der Waals surface area contributed by atoms with Crippen LogP contribution in [0.5, 0.6) is 0 Å². The number of amides is 2. The second kappa shape index (κ2) is 11.6. The zero-order valence-electron chi connectivity index (χ0n) is 19.5. The number of halogens is 1. The smallest absolute Gasteiger partial charge is 0.244 e. The van der Waals surface area contributed by atoms with Gasteiger partial charge in [0.1, 0.15) is 11.9 Å². The normalized spacial score (nSPS) is 19.3. The maximum Gasteiger partial charge on any atom is 0.244 e. The predicted octanol–water partition coefficient (Wildman–Crippen LogP) is 3.07. The maximum atomic E-state index is 13.0. The van der Waals surface area contributed by atoms with Gasteiger partial charge in [-0.05, 0) is 68.4 Å². The van der Waals surface area contributed by atoms with Gasteiger partial charge in [0.05, 0.1) is 4.90 Å². The van der Waals surface area contributed by atoms with Crippen molar-refractivity contribution in [1.82, 2.24) is 14.9 Å². The summed E-state index contributed by atoms with van der Waals surface area (Å²) >= 11 is 0. The zero-order chi connectivity index (χ0) is 24.7. The van der Waals surface area contributed by atoms with Crippen LogP contribution in [0.25, 0.3) is 0 Å². The molecule has 1 unspecified atom stereocenters. The standard InChI is InChI=1S/C25H32FN3O4S/c1-18(25(31)29(2)17-20-6-4-3-5-7-20)28-24(30)21-10-8-19(9-11-21)16-27-34(32,33)23-14-12-22(26)13-15-23/h3-7,12-15,18-19,21,27H,8-11,16-17H2,1-2H3,(H,28,30). The molecule has 2 amide bonds. The summed E-state index contributed by atoms with van der Waals surface area (Å²) < 4.78 is 40.4. The SMILES string of the molecule is CC(NC(=O)C1CCC(CNS(=O)(=O)c2ccc(F)cc2)CC1)C(=O)N(C)Cc1ccccc1. The number of rotatable bonds is 9. The highest BCUT2D eigenvalue weighted by Crippen LogP contribution is 2.29. The Morgan fingerprint density at radius 3 is 2.26 bits per heavy atom. The van der Waals surface area contributed by atoms with E-state index in [1.165, 1.54) is 12.1 Å². The summed E-state index contributed by atoms with van der Waals surface area (Å²) in [7, 11) is -1.98. The first-order valence-corrected chi connectivity index (χ1v) is 13.0. The van der Waals surface area contributed by atoms with E-state index in [9.17, 15) is 22.4 Å². The van der Waals surface area contributed by atoms with Crippen LogP contribution in [0.3, 0.4) is 0 Å². The summed E-state index contributed by atoms with van der Waals surface area (Å²) in [5.41, 5.74) is 1.02. The second-order valence-electron chi connectivity index (χ2n) is 8.93. The van der Waals surface area contributed by atoms with Crippen LogP contribution in [0.15, 0.2) is 59.5 Å². The topological polar surface area (TPSA) is 95.6 Å². The highest BCUT2D eigenvalue weighted by atomic mass is 32.2.